The molecule has 3 aliphatic rings. The topological polar surface area (TPSA) is 40.6 Å². The normalized spacial score (nSPS) is 28.9. The second-order valence-corrected chi connectivity index (χ2v) is 7.66. The summed E-state index contributed by atoms with van der Waals surface area (Å²) in [7, 11) is 0. The van der Waals surface area contributed by atoms with Crippen molar-refractivity contribution < 1.29 is 14.0 Å². The molecule has 1 aliphatic carbocycles. The fraction of sp³-hybridized carbons (Fsp3) is 0.600. The first-order chi connectivity index (χ1) is 12.1. The average molecular weight is 344 g/mol. The van der Waals surface area contributed by atoms with Gasteiger partial charge in [-0.25, -0.2) is 4.39 Å². The van der Waals surface area contributed by atoms with E-state index in [1.165, 1.54) is 12.1 Å². The highest BCUT2D eigenvalue weighted by Gasteiger charge is 2.46. The molecule has 5 heteroatoms. The summed E-state index contributed by atoms with van der Waals surface area (Å²) in [5.41, 5.74) is 1.04. The number of carbonyl (C=O) groups excluding carboxylic acids is 2. The first-order valence-corrected chi connectivity index (χ1v) is 9.46. The molecule has 1 aromatic carbocycles. The molecule has 1 saturated carbocycles. The summed E-state index contributed by atoms with van der Waals surface area (Å²) in [4.78, 5) is 29.3. The maximum atomic E-state index is 13.1. The number of piperidine rings is 1. The molecular weight excluding hydrogens is 319 g/mol. The lowest BCUT2D eigenvalue weighted by molar-refractivity contribution is -0.140. The van der Waals surface area contributed by atoms with Crippen molar-refractivity contribution in [1.82, 2.24) is 9.80 Å². The number of amides is 2. The van der Waals surface area contributed by atoms with Crippen molar-refractivity contribution in [2.75, 3.05) is 26.2 Å². The molecular formula is C20H25FN2O2. The molecule has 2 amide bonds. The Morgan fingerprint density at radius 2 is 1.60 bits per heavy atom. The third-order valence-electron chi connectivity index (χ3n) is 5.91. The second-order valence-electron chi connectivity index (χ2n) is 7.66. The molecule has 0 radical (unpaired) electrons. The van der Waals surface area contributed by atoms with Crippen molar-refractivity contribution in [2.24, 2.45) is 11.8 Å². The molecule has 0 aromatic heterocycles. The predicted octanol–water partition coefficient (Wildman–Crippen LogP) is 2.79. The van der Waals surface area contributed by atoms with E-state index in [0.717, 1.165) is 57.3 Å². The molecule has 25 heavy (non-hydrogen) atoms. The van der Waals surface area contributed by atoms with Crippen LogP contribution in [0.4, 0.5) is 4.39 Å². The van der Waals surface area contributed by atoms with Gasteiger partial charge in [0.05, 0.1) is 5.92 Å². The van der Waals surface area contributed by atoms with Crippen molar-refractivity contribution in [3.05, 3.63) is 35.6 Å². The summed E-state index contributed by atoms with van der Waals surface area (Å²) in [6.45, 7) is 3.08. The highest BCUT2D eigenvalue weighted by atomic mass is 19.1. The Balaban J connectivity index is 1.36. The second kappa shape index (κ2) is 6.77. The van der Waals surface area contributed by atoms with Crippen molar-refractivity contribution in [2.45, 2.75) is 38.0 Å². The molecule has 0 bridgehead atoms. The van der Waals surface area contributed by atoms with Crippen LogP contribution in [0, 0.1) is 17.7 Å². The molecule has 0 spiro atoms. The van der Waals surface area contributed by atoms with Crippen LogP contribution in [0.2, 0.25) is 0 Å². The summed E-state index contributed by atoms with van der Waals surface area (Å²) in [6.07, 6.45) is 4.84. The number of likely N-dealkylation sites (tertiary alicyclic amines) is 2. The molecule has 3 atom stereocenters. The largest absolute Gasteiger partial charge is 0.342 e. The van der Waals surface area contributed by atoms with E-state index in [2.05, 4.69) is 0 Å². The smallest absolute Gasteiger partial charge is 0.227 e. The number of hydrogen-bond donors (Lipinski definition) is 0. The lowest BCUT2D eigenvalue weighted by Gasteiger charge is -2.34. The van der Waals surface area contributed by atoms with Gasteiger partial charge < -0.3 is 9.80 Å². The Kier molecular flexibility index (Phi) is 4.48. The maximum absolute atomic E-state index is 13.1. The van der Waals surface area contributed by atoms with E-state index >= 15 is 0 Å². The van der Waals surface area contributed by atoms with E-state index < -0.39 is 0 Å². The number of halogens is 1. The van der Waals surface area contributed by atoms with Gasteiger partial charge >= 0.3 is 0 Å². The van der Waals surface area contributed by atoms with E-state index in [-0.39, 0.29) is 35.4 Å². The fourth-order valence-corrected chi connectivity index (χ4v) is 4.36. The first-order valence-electron chi connectivity index (χ1n) is 9.46. The van der Waals surface area contributed by atoms with Crippen molar-refractivity contribution in [1.29, 1.82) is 0 Å². The maximum Gasteiger partial charge on any atom is 0.227 e. The minimum atomic E-state index is -0.244. The number of benzene rings is 1. The van der Waals surface area contributed by atoms with Crippen LogP contribution < -0.4 is 0 Å². The molecule has 4 nitrogen and oxygen atoms in total. The molecule has 2 aliphatic heterocycles. The number of carbonyl (C=O) groups is 2. The van der Waals surface area contributed by atoms with Crippen LogP contribution in [0.3, 0.4) is 0 Å². The van der Waals surface area contributed by atoms with Crippen molar-refractivity contribution in [3.63, 3.8) is 0 Å². The third kappa shape index (κ3) is 3.42. The van der Waals surface area contributed by atoms with E-state index in [9.17, 15) is 14.0 Å². The van der Waals surface area contributed by atoms with E-state index in [0.29, 0.717) is 6.54 Å². The Morgan fingerprint density at radius 1 is 0.920 bits per heavy atom. The lowest BCUT2D eigenvalue weighted by Crippen LogP contribution is -2.46. The van der Waals surface area contributed by atoms with Gasteiger partial charge in [0, 0.05) is 32.1 Å². The van der Waals surface area contributed by atoms with Gasteiger partial charge in [-0.05, 0) is 55.7 Å². The quantitative estimate of drug-likeness (QED) is 0.846. The minimum absolute atomic E-state index is 0.00565. The van der Waals surface area contributed by atoms with Gasteiger partial charge in [0.2, 0.25) is 11.8 Å². The first kappa shape index (κ1) is 16.6. The van der Waals surface area contributed by atoms with Crippen LogP contribution >= 0.6 is 0 Å². The summed E-state index contributed by atoms with van der Waals surface area (Å²) >= 11 is 0. The van der Waals surface area contributed by atoms with Crippen LogP contribution in [0.1, 0.15) is 43.6 Å². The fourth-order valence-electron chi connectivity index (χ4n) is 4.36. The monoisotopic (exact) mass is 344 g/mol. The molecule has 2 heterocycles. The van der Waals surface area contributed by atoms with Gasteiger partial charge in [-0.3, -0.25) is 9.59 Å². The predicted molar refractivity (Wildman–Crippen MR) is 92.4 cm³/mol. The van der Waals surface area contributed by atoms with Crippen molar-refractivity contribution in [3.8, 4) is 0 Å². The Hall–Kier alpha value is -1.91. The summed E-state index contributed by atoms with van der Waals surface area (Å²) in [6, 6.07) is 6.48. The summed E-state index contributed by atoms with van der Waals surface area (Å²) in [5.74, 6) is 0.355. The van der Waals surface area contributed by atoms with Gasteiger partial charge in [-0.1, -0.05) is 12.1 Å². The van der Waals surface area contributed by atoms with Gasteiger partial charge in [0.15, 0.2) is 0 Å². The molecule has 3 fully saturated rings. The minimum Gasteiger partial charge on any atom is -0.342 e. The molecule has 2 saturated heterocycles. The van der Waals surface area contributed by atoms with Crippen LogP contribution in [-0.2, 0) is 9.59 Å². The molecule has 134 valence electrons. The average Bonchev–Trinajstić information content (AvgIpc) is 3.25. The SMILES string of the molecule is O=C([C@@H]1CCCN(C(=O)[C@H]2C[C@H]2c2ccc(F)cc2)C1)N1CCCC1. The van der Waals surface area contributed by atoms with Crippen molar-refractivity contribution >= 4 is 11.8 Å². The van der Waals surface area contributed by atoms with Gasteiger partial charge in [0.1, 0.15) is 5.82 Å². The van der Waals surface area contributed by atoms with E-state index in [4.69, 9.17) is 0 Å². The lowest BCUT2D eigenvalue weighted by atomic mass is 9.96. The van der Waals surface area contributed by atoms with Gasteiger partial charge in [-0.2, -0.15) is 0 Å². The molecule has 4 rings (SSSR count). The highest BCUT2D eigenvalue weighted by Crippen LogP contribution is 2.48. The van der Waals surface area contributed by atoms with Crippen LogP contribution in [0.15, 0.2) is 24.3 Å². The third-order valence-corrected chi connectivity index (χ3v) is 5.91. The Bertz CT molecular complexity index is 654. The Labute approximate surface area is 148 Å². The zero-order valence-corrected chi connectivity index (χ0v) is 14.5. The molecule has 0 unspecified atom stereocenters. The number of rotatable bonds is 3. The Morgan fingerprint density at radius 3 is 2.32 bits per heavy atom. The van der Waals surface area contributed by atoms with Crippen LogP contribution in [0.25, 0.3) is 0 Å². The molecule has 0 N–H and O–H groups in total. The zero-order chi connectivity index (χ0) is 17.4. The summed E-state index contributed by atoms with van der Waals surface area (Å²) in [5, 5.41) is 0. The summed E-state index contributed by atoms with van der Waals surface area (Å²) < 4.78 is 13.1. The van der Waals surface area contributed by atoms with E-state index in [1.54, 1.807) is 12.1 Å². The van der Waals surface area contributed by atoms with E-state index in [1.807, 2.05) is 9.80 Å². The zero-order valence-electron chi connectivity index (χ0n) is 14.5. The van der Waals surface area contributed by atoms with Gasteiger partial charge in [-0.15, -0.1) is 0 Å². The highest BCUT2D eigenvalue weighted by molar-refractivity contribution is 5.85. The van der Waals surface area contributed by atoms with Gasteiger partial charge in [0.25, 0.3) is 0 Å². The van der Waals surface area contributed by atoms with Crippen LogP contribution in [-0.4, -0.2) is 47.8 Å². The molecule has 1 aromatic rings. The standard InChI is InChI=1S/C20H25FN2O2/c21-16-7-5-14(6-8-16)17-12-18(17)20(25)23-11-3-4-15(13-23)19(24)22-9-1-2-10-22/h5-8,15,17-18H,1-4,9-13H2/t15-,17+,18+/m1/s1. The number of hydrogen-bond acceptors (Lipinski definition) is 2. The van der Waals surface area contributed by atoms with Crippen LogP contribution in [0.5, 0.6) is 0 Å². The number of nitrogens with zero attached hydrogens (tertiary/aromatic N) is 2.